The second-order valence-corrected chi connectivity index (χ2v) is 5.56. The number of hydrogen-bond acceptors (Lipinski definition) is 3. The number of piperidine rings is 1. The number of amides is 1. The fraction of sp³-hybridized carbons (Fsp3) is 0.917. The lowest BCUT2D eigenvalue weighted by Crippen LogP contribution is -2.43. The van der Waals surface area contributed by atoms with E-state index in [4.69, 9.17) is 0 Å². The molecule has 1 aliphatic heterocycles. The molecule has 17 heavy (non-hydrogen) atoms. The number of carbonyl (C=O) groups is 1. The molecule has 0 aromatic rings. The first-order chi connectivity index (χ1) is 7.77. The van der Waals surface area contributed by atoms with Crippen LogP contribution in [-0.4, -0.2) is 49.0 Å². The van der Waals surface area contributed by atoms with Gasteiger partial charge in [0.05, 0.1) is 5.75 Å². The lowest BCUT2D eigenvalue weighted by atomic mass is 9.98. The van der Waals surface area contributed by atoms with E-state index in [1.807, 2.05) is 11.9 Å². The number of likely N-dealkylation sites (tertiary alicyclic amines) is 1. The van der Waals surface area contributed by atoms with Crippen LogP contribution >= 0.6 is 24.2 Å². The van der Waals surface area contributed by atoms with Crippen LogP contribution in [0.2, 0.25) is 0 Å². The van der Waals surface area contributed by atoms with E-state index in [1.54, 1.807) is 11.8 Å². The summed E-state index contributed by atoms with van der Waals surface area (Å²) in [6, 6.07) is 0. The molecule has 1 saturated heterocycles. The quantitative estimate of drug-likeness (QED) is 0.756. The molecule has 0 aromatic heterocycles. The van der Waals surface area contributed by atoms with E-state index < -0.39 is 0 Å². The summed E-state index contributed by atoms with van der Waals surface area (Å²) >= 11 is 1.76. The number of hydrogen-bond donors (Lipinski definition) is 1. The molecule has 1 amide bonds. The van der Waals surface area contributed by atoms with E-state index in [1.165, 1.54) is 6.42 Å². The molecule has 1 N–H and O–H groups in total. The second-order valence-electron chi connectivity index (χ2n) is 4.46. The Kier molecular flexibility index (Phi) is 10.1. The molecule has 102 valence electrons. The summed E-state index contributed by atoms with van der Waals surface area (Å²) in [7, 11) is 1.98. The number of carbonyl (C=O) groups excluding carboxylic acids is 1. The first kappa shape index (κ1) is 17.1. The minimum Gasteiger partial charge on any atom is -0.342 e. The Bertz CT molecular complexity index is 215. The number of nitrogens with one attached hydrogen (secondary N) is 1. The highest BCUT2D eigenvalue weighted by Gasteiger charge is 2.22. The molecule has 0 aliphatic carbocycles. The van der Waals surface area contributed by atoms with Gasteiger partial charge >= 0.3 is 0 Å². The van der Waals surface area contributed by atoms with Crippen molar-refractivity contribution in [2.75, 3.05) is 38.2 Å². The maximum absolute atomic E-state index is 11.9. The molecule has 0 bridgehead atoms. The summed E-state index contributed by atoms with van der Waals surface area (Å²) in [4.78, 5) is 14.0. The van der Waals surface area contributed by atoms with E-state index in [2.05, 4.69) is 12.2 Å². The van der Waals surface area contributed by atoms with Gasteiger partial charge in [-0.3, -0.25) is 4.79 Å². The van der Waals surface area contributed by atoms with Gasteiger partial charge in [0.25, 0.3) is 0 Å². The van der Waals surface area contributed by atoms with Gasteiger partial charge < -0.3 is 10.2 Å². The number of thioether (sulfide) groups is 1. The van der Waals surface area contributed by atoms with Crippen LogP contribution in [0.3, 0.4) is 0 Å². The molecule has 1 fully saturated rings. The van der Waals surface area contributed by atoms with Gasteiger partial charge in [0, 0.05) is 13.1 Å². The predicted molar refractivity (Wildman–Crippen MR) is 78.1 cm³/mol. The molecular formula is C12H25ClN2OS. The zero-order valence-corrected chi connectivity index (χ0v) is 12.5. The average molecular weight is 281 g/mol. The second kappa shape index (κ2) is 10.0. The van der Waals surface area contributed by atoms with Crippen molar-refractivity contribution in [2.24, 2.45) is 5.92 Å². The molecule has 5 heteroatoms. The maximum atomic E-state index is 11.9. The highest BCUT2D eigenvalue weighted by Crippen LogP contribution is 2.17. The van der Waals surface area contributed by atoms with Gasteiger partial charge in [0.1, 0.15) is 0 Å². The Morgan fingerprint density at radius 2 is 2.29 bits per heavy atom. The van der Waals surface area contributed by atoms with Crippen molar-refractivity contribution in [1.82, 2.24) is 10.2 Å². The van der Waals surface area contributed by atoms with Crippen molar-refractivity contribution in [1.29, 1.82) is 0 Å². The standard InChI is InChI=1S/C12H24N2OS.ClH/c1-3-7-16-10-12(15)14-6-4-5-11(9-14)8-13-2;/h11,13H,3-10H2,1-2H3;1H. The van der Waals surface area contributed by atoms with Gasteiger partial charge in [-0.15, -0.1) is 12.4 Å². The summed E-state index contributed by atoms with van der Waals surface area (Å²) in [5.74, 6) is 2.75. The zero-order valence-electron chi connectivity index (χ0n) is 10.9. The van der Waals surface area contributed by atoms with Crippen molar-refractivity contribution < 1.29 is 4.79 Å². The summed E-state index contributed by atoms with van der Waals surface area (Å²) in [6.45, 7) is 5.10. The van der Waals surface area contributed by atoms with Crippen LogP contribution in [0.1, 0.15) is 26.2 Å². The summed E-state index contributed by atoms with van der Waals surface area (Å²) in [6.07, 6.45) is 3.57. The lowest BCUT2D eigenvalue weighted by molar-refractivity contribution is -0.130. The normalized spacial score (nSPS) is 19.9. The van der Waals surface area contributed by atoms with E-state index in [9.17, 15) is 4.79 Å². The largest absolute Gasteiger partial charge is 0.342 e. The van der Waals surface area contributed by atoms with Crippen LogP contribution in [0.25, 0.3) is 0 Å². The van der Waals surface area contributed by atoms with Gasteiger partial charge in [0.15, 0.2) is 0 Å². The molecule has 0 spiro atoms. The summed E-state index contributed by atoms with van der Waals surface area (Å²) < 4.78 is 0. The third kappa shape index (κ3) is 6.53. The Hall–Kier alpha value is 0.0700. The van der Waals surface area contributed by atoms with Gasteiger partial charge in [-0.25, -0.2) is 0 Å². The van der Waals surface area contributed by atoms with Gasteiger partial charge in [-0.1, -0.05) is 6.92 Å². The number of halogens is 1. The molecule has 0 radical (unpaired) electrons. The van der Waals surface area contributed by atoms with Crippen LogP contribution in [0, 0.1) is 5.92 Å². The molecule has 1 heterocycles. The molecular weight excluding hydrogens is 256 g/mol. The van der Waals surface area contributed by atoms with Crippen molar-refractivity contribution in [3.8, 4) is 0 Å². The number of rotatable bonds is 6. The molecule has 0 saturated carbocycles. The third-order valence-corrected chi connectivity index (χ3v) is 4.09. The van der Waals surface area contributed by atoms with Crippen molar-refractivity contribution >= 4 is 30.1 Å². The Labute approximate surface area is 115 Å². The van der Waals surface area contributed by atoms with Gasteiger partial charge in [-0.2, -0.15) is 11.8 Å². The van der Waals surface area contributed by atoms with Crippen LogP contribution in [0.5, 0.6) is 0 Å². The Balaban J connectivity index is 0.00000256. The van der Waals surface area contributed by atoms with E-state index >= 15 is 0 Å². The molecule has 3 nitrogen and oxygen atoms in total. The summed E-state index contributed by atoms with van der Waals surface area (Å²) in [5, 5.41) is 3.21. The minimum absolute atomic E-state index is 0. The SMILES string of the molecule is CCCSCC(=O)N1CCCC(CNC)C1.Cl. The number of nitrogens with zero attached hydrogens (tertiary/aromatic N) is 1. The van der Waals surface area contributed by atoms with Crippen molar-refractivity contribution in [3.63, 3.8) is 0 Å². The average Bonchev–Trinajstić information content (AvgIpc) is 2.30. The monoisotopic (exact) mass is 280 g/mol. The topological polar surface area (TPSA) is 32.3 Å². The van der Waals surface area contributed by atoms with Crippen LogP contribution in [0.4, 0.5) is 0 Å². The third-order valence-electron chi connectivity index (χ3n) is 2.94. The summed E-state index contributed by atoms with van der Waals surface area (Å²) in [5.41, 5.74) is 0. The zero-order chi connectivity index (χ0) is 11.8. The maximum Gasteiger partial charge on any atom is 0.232 e. The fourth-order valence-electron chi connectivity index (χ4n) is 2.14. The van der Waals surface area contributed by atoms with E-state index in [-0.39, 0.29) is 12.4 Å². The van der Waals surface area contributed by atoms with Crippen molar-refractivity contribution in [3.05, 3.63) is 0 Å². The van der Waals surface area contributed by atoms with E-state index in [0.717, 1.165) is 38.2 Å². The molecule has 1 atom stereocenters. The van der Waals surface area contributed by atoms with Gasteiger partial charge in [-0.05, 0) is 44.5 Å². The van der Waals surface area contributed by atoms with Crippen LogP contribution in [-0.2, 0) is 4.79 Å². The van der Waals surface area contributed by atoms with Crippen molar-refractivity contribution in [2.45, 2.75) is 26.2 Å². The fourth-order valence-corrected chi connectivity index (χ4v) is 2.93. The van der Waals surface area contributed by atoms with Crippen LogP contribution < -0.4 is 5.32 Å². The Morgan fingerprint density at radius 1 is 1.53 bits per heavy atom. The van der Waals surface area contributed by atoms with Crippen LogP contribution in [0.15, 0.2) is 0 Å². The molecule has 1 rings (SSSR count). The lowest BCUT2D eigenvalue weighted by Gasteiger charge is -2.32. The van der Waals surface area contributed by atoms with E-state index in [0.29, 0.717) is 17.6 Å². The molecule has 1 unspecified atom stereocenters. The highest BCUT2D eigenvalue weighted by molar-refractivity contribution is 7.99. The molecule has 0 aromatic carbocycles. The first-order valence-electron chi connectivity index (χ1n) is 6.28. The predicted octanol–water partition coefficient (Wildman–Crippen LogP) is 2.01. The molecule has 1 aliphatic rings. The first-order valence-corrected chi connectivity index (χ1v) is 7.43. The minimum atomic E-state index is 0. The smallest absolute Gasteiger partial charge is 0.232 e. The van der Waals surface area contributed by atoms with Gasteiger partial charge in [0.2, 0.25) is 5.91 Å². The Morgan fingerprint density at radius 3 is 2.94 bits per heavy atom. The highest BCUT2D eigenvalue weighted by atomic mass is 35.5.